The maximum absolute atomic E-state index is 8.28. The summed E-state index contributed by atoms with van der Waals surface area (Å²) >= 11 is 0. The van der Waals surface area contributed by atoms with Crippen LogP contribution in [0.15, 0.2) is 54.6 Å². The average molecular weight is 224 g/mol. The zero-order valence-electron chi connectivity index (χ0n) is 10.2. The van der Waals surface area contributed by atoms with Gasteiger partial charge in [0.1, 0.15) is 0 Å². The molecule has 0 unspecified atom stereocenters. The molecule has 17 heavy (non-hydrogen) atoms. The molecule has 2 heteroatoms. The third-order valence-corrected chi connectivity index (χ3v) is 2.20. The van der Waals surface area contributed by atoms with Crippen molar-refractivity contribution in [1.29, 1.82) is 5.26 Å². The van der Waals surface area contributed by atoms with Crippen LogP contribution in [0.25, 0.3) is 6.08 Å². The number of rotatable bonds is 4. The SMILES string of the molecule is CN(C)c1ccc(/C=C/C=C/C=C/C#N)cc1. The van der Waals surface area contributed by atoms with Crippen molar-refractivity contribution in [3.05, 3.63) is 60.2 Å². The third kappa shape index (κ3) is 4.85. The van der Waals surface area contributed by atoms with Gasteiger partial charge in [-0.3, -0.25) is 0 Å². The minimum atomic E-state index is 1.16. The second kappa shape index (κ2) is 7.08. The van der Waals surface area contributed by atoms with Crippen LogP contribution in [0.5, 0.6) is 0 Å². The molecule has 0 heterocycles. The van der Waals surface area contributed by atoms with Gasteiger partial charge in [-0.2, -0.15) is 5.26 Å². The minimum Gasteiger partial charge on any atom is -0.378 e. The van der Waals surface area contributed by atoms with Crippen LogP contribution in [0.1, 0.15) is 5.56 Å². The Balaban J connectivity index is 2.58. The highest BCUT2D eigenvalue weighted by atomic mass is 15.1. The van der Waals surface area contributed by atoms with E-state index >= 15 is 0 Å². The molecule has 0 aliphatic rings. The Labute approximate surface area is 103 Å². The molecule has 2 nitrogen and oxygen atoms in total. The normalized spacial score (nSPS) is 11.4. The summed E-state index contributed by atoms with van der Waals surface area (Å²) in [6.45, 7) is 0. The number of anilines is 1. The van der Waals surface area contributed by atoms with Gasteiger partial charge in [0.2, 0.25) is 0 Å². The van der Waals surface area contributed by atoms with Gasteiger partial charge < -0.3 is 4.90 Å². The van der Waals surface area contributed by atoms with Gasteiger partial charge in [0, 0.05) is 25.9 Å². The molecule has 1 rings (SSSR count). The molecule has 0 amide bonds. The Kier molecular flexibility index (Phi) is 5.33. The van der Waals surface area contributed by atoms with Crippen molar-refractivity contribution in [2.75, 3.05) is 19.0 Å². The molecule has 1 aromatic carbocycles. The first-order valence-electron chi connectivity index (χ1n) is 5.41. The second-order valence-corrected chi connectivity index (χ2v) is 3.72. The van der Waals surface area contributed by atoms with E-state index in [1.54, 1.807) is 6.08 Å². The van der Waals surface area contributed by atoms with Crippen LogP contribution >= 0.6 is 0 Å². The average Bonchev–Trinajstić information content (AvgIpc) is 2.34. The first-order valence-corrected chi connectivity index (χ1v) is 5.41. The van der Waals surface area contributed by atoms with E-state index < -0.39 is 0 Å². The van der Waals surface area contributed by atoms with Crippen molar-refractivity contribution in [3.8, 4) is 6.07 Å². The number of benzene rings is 1. The highest BCUT2D eigenvalue weighted by Crippen LogP contribution is 2.12. The smallest absolute Gasteiger partial charge is 0.0912 e. The standard InChI is InChI=1S/C15H16N2/c1-17(2)15-11-9-14(10-12-15)8-6-4-3-5-7-13-16/h3-12H,1-2H3/b4-3+,7-5+,8-6+. The first-order chi connectivity index (χ1) is 8.24. The van der Waals surface area contributed by atoms with Crippen LogP contribution in [-0.2, 0) is 0 Å². The van der Waals surface area contributed by atoms with Gasteiger partial charge >= 0.3 is 0 Å². The Morgan fingerprint density at radius 2 is 1.65 bits per heavy atom. The maximum atomic E-state index is 8.28. The summed E-state index contributed by atoms with van der Waals surface area (Å²) < 4.78 is 0. The predicted molar refractivity (Wildman–Crippen MR) is 73.7 cm³/mol. The highest BCUT2D eigenvalue weighted by Gasteiger charge is 1.92. The highest BCUT2D eigenvalue weighted by molar-refractivity contribution is 5.56. The van der Waals surface area contributed by atoms with Crippen LogP contribution in [0.4, 0.5) is 5.69 Å². The Bertz CT molecular complexity index is 457. The molecule has 0 saturated carbocycles. The number of hydrogen-bond acceptors (Lipinski definition) is 2. The zero-order chi connectivity index (χ0) is 12.5. The summed E-state index contributed by atoms with van der Waals surface area (Å²) in [6.07, 6.45) is 10.8. The van der Waals surface area contributed by atoms with Crippen molar-refractivity contribution in [1.82, 2.24) is 0 Å². The summed E-state index contributed by atoms with van der Waals surface area (Å²) in [6, 6.07) is 10.2. The Hall–Kier alpha value is -2.27. The van der Waals surface area contributed by atoms with Gasteiger partial charge in [0.05, 0.1) is 6.07 Å². The summed E-state index contributed by atoms with van der Waals surface area (Å²) in [7, 11) is 4.05. The molecule has 0 aliphatic carbocycles. The monoisotopic (exact) mass is 224 g/mol. The molecular weight excluding hydrogens is 208 g/mol. The minimum absolute atomic E-state index is 1.16. The number of hydrogen-bond donors (Lipinski definition) is 0. The van der Waals surface area contributed by atoms with Gasteiger partial charge in [-0.25, -0.2) is 0 Å². The van der Waals surface area contributed by atoms with Crippen molar-refractivity contribution in [2.45, 2.75) is 0 Å². The largest absolute Gasteiger partial charge is 0.378 e. The van der Waals surface area contributed by atoms with E-state index in [1.807, 2.05) is 44.5 Å². The van der Waals surface area contributed by atoms with Crippen molar-refractivity contribution < 1.29 is 0 Å². The quantitative estimate of drug-likeness (QED) is 0.579. The molecule has 0 saturated heterocycles. The number of nitrogens with zero attached hydrogens (tertiary/aromatic N) is 2. The van der Waals surface area contributed by atoms with Crippen LogP contribution in [-0.4, -0.2) is 14.1 Å². The summed E-state index contributed by atoms with van der Waals surface area (Å²) in [5.41, 5.74) is 2.35. The molecule has 0 bridgehead atoms. The van der Waals surface area contributed by atoms with Crippen LogP contribution in [0, 0.1) is 11.3 Å². The lowest BCUT2D eigenvalue weighted by atomic mass is 10.2. The van der Waals surface area contributed by atoms with E-state index in [0.29, 0.717) is 0 Å². The van der Waals surface area contributed by atoms with Crippen molar-refractivity contribution >= 4 is 11.8 Å². The molecular formula is C15H16N2. The summed E-state index contributed by atoms with van der Waals surface area (Å²) in [5.74, 6) is 0. The van der Waals surface area contributed by atoms with Gasteiger partial charge in [0.15, 0.2) is 0 Å². The van der Waals surface area contributed by atoms with Gasteiger partial charge in [-0.15, -0.1) is 0 Å². The molecule has 0 fully saturated rings. The fourth-order valence-corrected chi connectivity index (χ4v) is 1.28. The van der Waals surface area contributed by atoms with E-state index in [4.69, 9.17) is 5.26 Å². The first kappa shape index (κ1) is 12.8. The maximum Gasteiger partial charge on any atom is 0.0912 e. The molecule has 0 atom stereocenters. The number of nitriles is 1. The fourth-order valence-electron chi connectivity index (χ4n) is 1.28. The van der Waals surface area contributed by atoms with Crippen LogP contribution in [0.3, 0.4) is 0 Å². The van der Waals surface area contributed by atoms with Crippen molar-refractivity contribution in [3.63, 3.8) is 0 Å². The van der Waals surface area contributed by atoms with E-state index in [2.05, 4.69) is 29.2 Å². The lowest BCUT2D eigenvalue weighted by Gasteiger charge is -2.11. The molecule has 0 aromatic heterocycles. The Morgan fingerprint density at radius 1 is 1.00 bits per heavy atom. The molecule has 0 aliphatic heterocycles. The lowest BCUT2D eigenvalue weighted by Crippen LogP contribution is -2.07. The summed E-state index contributed by atoms with van der Waals surface area (Å²) in [5, 5.41) is 8.28. The predicted octanol–water partition coefficient (Wildman–Crippen LogP) is 3.40. The van der Waals surface area contributed by atoms with Crippen LogP contribution < -0.4 is 4.90 Å². The fraction of sp³-hybridized carbons (Fsp3) is 0.133. The van der Waals surface area contributed by atoms with E-state index in [-0.39, 0.29) is 0 Å². The number of allylic oxidation sites excluding steroid dienone is 5. The molecule has 0 radical (unpaired) electrons. The second-order valence-electron chi connectivity index (χ2n) is 3.72. The lowest BCUT2D eigenvalue weighted by molar-refractivity contribution is 1.13. The third-order valence-electron chi connectivity index (χ3n) is 2.20. The molecule has 1 aromatic rings. The Morgan fingerprint density at radius 3 is 2.24 bits per heavy atom. The molecule has 0 N–H and O–H groups in total. The van der Waals surface area contributed by atoms with Crippen LogP contribution in [0.2, 0.25) is 0 Å². The van der Waals surface area contributed by atoms with Crippen molar-refractivity contribution in [2.24, 2.45) is 0 Å². The zero-order valence-corrected chi connectivity index (χ0v) is 10.2. The summed E-state index contributed by atoms with van der Waals surface area (Å²) in [4.78, 5) is 2.07. The molecule has 86 valence electrons. The topological polar surface area (TPSA) is 27.0 Å². The molecule has 0 spiro atoms. The van der Waals surface area contributed by atoms with Gasteiger partial charge in [-0.05, 0) is 17.7 Å². The van der Waals surface area contributed by atoms with Gasteiger partial charge in [0.25, 0.3) is 0 Å². The van der Waals surface area contributed by atoms with E-state index in [1.165, 1.54) is 11.8 Å². The van der Waals surface area contributed by atoms with Gasteiger partial charge in [-0.1, -0.05) is 42.5 Å². The van der Waals surface area contributed by atoms with E-state index in [0.717, 1.165) is 5.56 Å². The van der Waals surface area contributed by atoms with E-state index in [9.17, 15) is 0 Å².